The van der Waals surface area contributed by atoms with E-state index in [1.807, 2.05) is 10.9 Å². The van der Waals surface area contributed by atoms with Gasteiger partial charge in [0.15, 0.2) is 9.84 Å². The molecule has 2 rings (SSSR count). The Balaban J connectivity index is 1.99. The monoisotopic (exact) mass is 285 g/mol. The van der Waals surface area contributed by atoms with Gasteiger partial charge < -0.3 is 5.32 Å². The third-order valence-electron chi connectivity index (χ3n) is 3.58. The molecule has 6 heteroatoms. The number of aryl methyl sites for hydroxylation is 1. The summed E-state index contributed by atoms with van der Waals surface area (Å²) in [4.78, 5) is 0. The van der Waals surface area contributed by atoms with Crippen LogP contribution < -0.4 is 5.32 Å². The van der Waals surface area contributed by atoms with Gasteiger partial charge in [0, 0.05) is 29.6 Å². The fourth-order valence-electron chi connectivity index (χ4n) is 2.11. The Bertz CT molecular complexity index is 518. The topological polar surface area (TPSA) is 64.0 Å². The van der Waals surface area contributed by atoms with Crippen molar-refractivity contribution in [2.24, 2.45) is 0 Å². The molecule has 19 heavy (non-hydrogen) atoms. The van der Waals surface area contributed by atoms with Gasteiger partial charge in [0.05, 0.1) is 18.5 Å². The maximum Gasteiger partial charge on any atom is 0.151 e. The van der Waals surface area contributed by atoms with Crippen LogP contribution in [0.3, 0.4) is 0 Å². The van der Waals surface area contributed by atoms with Crippen LogP contribution in [-0.2, 0) is 29.3 Å². The summed E-state index contributed by atoms with van der Waals surface area (Å²) in [5.41, 5.74) is 2.35. The van der Waals surface area contributed by atoms with Gasteiger partial charge >= 0.3 is 0 Å². The van der Waals surface area contributed by atoms with Crippen LogP contribution in [-0.4, -0.2) is 35.7 Å². The second-order valence-electron chi connectivity index (χ2n) is 5.08. The van der Waals surface area contributed by atoms with Crippen molar-refractivity contribution in [1.82, 2.24) is 15.1 Å². The van der Waals surface area contributed by atoms with Gasteiger partial charge in [0.1, 0.15) is 0 Å². The van der Waals surface area contributed by atoms with Crippen molar-refractivity contribution in [3.05, 3.63) is 17.5 Å². The van der Waals surface area contributed by atoms with Crippen molar-refractivity contribution in [2.45, 2.75) is 52.2 Å². The Hall–Kier alpha value is -0.880. The molecule has 0 atom stereocenters. The van der Waals surface area contributed by atoms with E-state index >= 15 is 0 Å². The standard InChI is InChI=1S/C13H23N3O2S/c1-3-13-11(9-14-12-5-6-12)10-15-16(13)7-8-19(17,18)4-2/h10,12,14H,3-9H2,1-2H3. The molecule has 1 N–H and O–H groups in total. The molecule has 1 aromatic rings. The molecular formula is C13H23N3O2S. The summed E-state index contributed by atoms with van der Waals surface area (Å²) in [5.74, 6) is 0.374. The number of nitrogens with zero attached hydrogens (tertiary/aromatic N) is 2. The number of hydrogen-bond acceptors (Lipinski definition) is 4. The van der Waals surface area contributed by atoms with Gasteiger partial charge in [0.2, 0.25) is 0 Å². The van der Waals surface area contributed by atoms with Crippen molar-refractivity contribution < 1.29 is 8.42 Å². The first-order valence-corrected chi connectivity index (χ1v) is 8.85. The fraction of sp³-hybridized carbons (Fsp3) is 0.769. The smallest absolute Gasteiger partial charge is 0.151 e. The summed E-state index contributed by atoms with van der Waals surface area (Å²) in [7, 11) is -2.93. The first-order valence-electron chi connectivity index (χ1n) is 7.03. The average Bonchev–Trinajstić information content (AvgIpc) is 3.14. The number of rotatable bonds is 8. The largest absolute Gasteiger partial charge is 0.310 e. The second kappa shape index (κ2) is 6.05. The normalized spacial score (nSPS) is 15.9. The van der Waals surface area contributed by atoms with Crippen molar-refractivity contribution in [3.63, 3.8) is 0 Å². The van der Waals surface area contributed by atoms with Crippen molar-refractivity contribution in [1.29, 1.82) is 0 Å². The van der Waals surface area contributed by atoms with Crippen molar-refractivity contribution >= 4 is 9.84 Å². The Morgan fingerprint density at radius 2 is 2.16 bits per heavy atom. The Morgan fingerprint density at radius 3 is 2.74 bits per heavy atom. The quantitative estimate of drug-likeness (QED) is 0.778. The molecule has 1 heterocycles. The van der Waals surface area contributed by atoms with Gasteiger partial charge in [-0.3, -0.25) is 4.68 Å². The average molecular weight is 285 g/mol. The zero-order valence-electron chi connectivity index (χ0n) is 11.7. The highest BCUT2D eigenvalue weighted by molar-refractivity contribution is 7.91. The summed E-state index contributed by atoms with van der Waals surface area (Å²) in [6.07, 6.45) is 5.29. The van der Waals surface area contributed by atoms with Crippen molar-refractivity contribution in [2.75, 3.05) is 11.5 Å². The molecule has 1 aromatic heterocycles. The minimum absolute atomic E-state index is 0.174. The summed E-state index contributed by atoms with van der Waals surface area (Å²) in [6, 6.07) is 0.675. The Kier molecular flexibility index (Phi) is 4.62. The Morgan fingerprint density at radius 1 is 1.42 bits per heavy atom. The maximum absolute atomic E-state index is 11.5. The molecular weight excluding hydrogens is 262 g/mol. The number of aromatic nitrogens is 2. The molecule has 5 nitrogen and oxygen atoms in total. The lowest BCUT2D eigenvalue weighted by Gasteiger charge is -2.08. The van der Waals surface area contributed by atoms with E-state index in [0.29, 0.717) is 12.6 Å². The van der Waals surface area contributed by atoms with E-state index in [1.165, 1.54) is 18.4 Å². The van der Waals surface area contributed by atoms with E-state index in [1.54, 1.807) is 6.92 Å². The van der Waals surface area contributed by atoms with E-state index in [-0.39, 0.29) is 11.5 Å². The number of nitrogens with one attached hydrogen (secondary N) is 1. The van der Waals surface area contributed by atoms with E-state index in [2.05, 4.69) is 17.3 Å². The molecule has 0 aliphatic heterocycles. The highest BCUT2D eigenvalue weighted by atomic mass is 32.2. The van der Waals surface area contributed by atoms with Crippen LogP contribution in [0.5, 0.6) is 0 Å². The molecule has 1 fully saturated rings. The van der Waals surface area contributed by atoms with Crippen LogP contribution in [0.1, 0.15) is 37.9 Å². The second-order valence-corrected chi connectivity index (χ2v) is 7.56. The maximum atomic E-state index is 11.5. The lowest BCUT2D eigenvalue weighted by atomic mass is 10.2. The summed E-state index contributed by atoms with van der Waals surface area (Å²) in [6.45, 7) is 5.07. The van der Waals surface area contributed by atoms with Crippen LogP contribution in [0.2, 0.25) is 0 Å². The van der Waals surface area contributed by atoms with Crippen LogP contribution in [0.4, 0.5) is 0 Å². The molecule has 0 saturated heterocycles. The molecule has 0 amide bonds. The third-order valence-corrected chi connectivity index (χ3v) is 5.27. The van der Waals surface area contributed by atoms with E-state index in [9.17, 15) is 8.42 Å². The van der Waals surface area contributed by atoms with Gasteiger partial charge in [-0.1, -0.05) is 13.8 Å². The van der Waals surface area contributed by atoms with Gasteiger partial charge in [-0.25, -0.2) is 8.42 Å². The summed E-state index contributed by atoms with van der Waals surface area (Å²) >= 11 is 0. The highest BCUT2D eigenvalue weighted by Crippen LogP contribution is 2.20. The molecule has 1 saturated carbocycles. The zero-order chi connectivity index (χ0) is 13.9. The zero-order valence-corrected chi connectivity index (χ0v) is 12.5. The first kappa shape index (κ1) is 14.5. The van der Waals surface area contributed by atoms with Gasteiger partial charge in [-0.15, -0.1) is 0 Å². The predicted octanol–water partition coefficient (Wildman–Crippen LogP) is 1.13. The van der Waals surface area contributed by atoms with Gasteiger partial charge in [0.25, 0.3) is 0 Å². The van der Waals surface area contributed by atoms with Crippen molar-refractivity contribution in [3.8, 4) is 0 Å². The van der Waals surface area contributed by atoms with Gasteiger partial charge in [-0.05, 0) is 19.3 Å². The fourth-order valence-corrected chi connectivity index (χ4v) is 2.85. The number of hydrogen-bond donors (Lipinski definition) is 1. The molecule has 0 aromatic carbocycles. The lowest BCUT2D eigenvalue weighted by molar-refractivity contribution is 0.574. The molecule has 1 aliphatic rings. The van der Waals surface area contributed by atoms with Gasteiger partial charge in [-0.2, -0.15) is 5.10 Å². The first-order chi connectivity index (χ1) is 9.05. The van der Waals surface area contributed by atoms with Crippen LogP contribution in [0.25, 0.3) is 0 Å². The highest BCUT2D eigenvalue weighted by Gasteiger charge is 2.21. The van der Waals surface area contributed by atoms with E-state index in [0.717, 1.165) is 18.7 Å². The molecule has 0 bridgehead atoms. The van der Waals surface area contributed by atoms with Crippen LogP contribution in [0.15, 0.2) is 6.20 Å². The molecule has 1 aliphatic carbocycles. The third kappa shape index (κ3) is 4.04. The predicted molar refractivity (Wildman–Crippen MR) is 75.8 cm³/mol. The van der Waals surface area contributed by atoms with Crippen LogP contribution in [0, 0.1) is 0 Å². The van der Waals surface area contributed by atoms with Crippen LogP contribution >= 0.6 is 0 Å². The molecule has 0 unspecified atom stereocenters. The minimum atomic E-state index is -2.93. The van der Waals surface area contributed by atoms with E-state index in [4.69, 9.17) is 0 Å². The Labute approximate surface area is 115 Å². The van der Waals surface area contributed by atoms with E-state index < -0.39 is 9.84 Å². The molecule has 0 radical (unpaired) electrons. The lowest BCUT2D eigenvalue weighted by Crippen LogP contribution is -2.18. The molecule has 0 spiro atoms. The summed E-state index contributed by atoms with van der Waals surface area (Å²) < 4.78 is 24.9. The SMILES string of the molecule is CCc1c(CNC2CC2)cnn1CCS(=O)(=O)CC. The molecule has 108 valence electrons. The minimum Gasteiger partial charge on any atom is -0.310 e. The summed E-state index contributed by atoms with van der Waals surface area (Å²) in [5, 5.41) is 7.81. The number of sulfone groups is 1.